The first kappa shape index (κ1) is 23.3. The number of oxazole rings is 1. The van der Waals surface area contributed by atoms with E-state index >= 15 is 0 Å². The minimum absolute atomic E-state index is 0. The lowest BCUT2D eigenvalue weighted by atomic mass is 10.0. The smallest absolute Gasteiger partial charge is 0.226 e. The standard InChI is InChI=1S/C24H29N5O.HI/c1-25-24(26-15-22-18-30-23(27-22)20-11-6-3-7-12-20)28-21-13-8-14-29(17-21)16-19-9-4-2-5-10-19;/h2-7,9-12,18,21H,8,13-17H2,1H3,(H2,25,26,28);1H. The summed E-state index contributed by atoms with van der Waals surface area (Å²) < 4.78 is 5.62. The van der Waals surface area contributed by atoms with Crippen LogP contribution >= 0.6 is 24.0 Å². The zero-order valence-corrected chi connectivity index (χ0v) is 20.2. The topological polar surface area (TPSA) is 65.7 Å². The summed E-state index contributed by atoms with van der Waals surface area (Å²) in [7, 11) is 1.80. The van der Waals surface area contributed by atoms with E-state index in [-0.39, 0.29) is 24.0 Å². The van der Waals surface area contributed by atoms with Gasteiger partial charge in [0.25, 0.3) is 0 Å². The third-order valence-corrected chi connectivity index (χ3v) is 5.33. The summed E-state index contributed by atoms with van der Waals surface area (Å²) in [5.74, 6) is 1.44. The minimum Gasteiger partial charge on any atom is -0.444 e. The lowest BCUT2D eigenvalue weighted by Crippen LogP contribution is -2.50. The van der Waals surface area contributed by atoms with E-state index in [1.807, 2.05) is 30.3 Å². The predicted octanol–water partition coefficient (Wildman–Crippen LogP) is 4.29. The molecule has 1 aliphatic heterocycles. The molecule has 0 amide bonds. The monoisotopic (exact) mass is 531 g/mol. The Balaban J connectivity index is 0.00000272. The van der Waals surface area contributed by atoms with Crippen molar-refractivity contribution in [3.8, 4) is 11.5 Å². The zero-order chi connectivity index (χ0) is 20.6. The fourth-order valence-electron chi connectivity index (χ4n) is 3.82. The molecule has 4 rings (SSSR count). The van der Waals surface area contributed by atoms with Crippen LogP contribution in [0.3, 0.4) is 0 Å². The van der Waals surface area contributed by atoms with Crippen LogP contribution in [-0.2, 0) is 13.1 Å². The van der Waals surface area contributed by atoms with Crippen LogP contribution in [0, 0.1) is 0 Å². The van der Waals surface area contributed by atoms with Crippen LogP contribution in [-0.4, -0.2) is 42.0 Å². The molecule has 1 saturated heterocycles. The maximum absolute atomic E-state index is 5.62. The summed E-state index contributed by atoms with van der Waals surface area (Å²) >= 11 is 0. The van der Waals surface area contributed by atoms with Crippen molar-refractivity contribution in [2.45, 2.75) is 32.0 Å². The highest BCUT2D eigenvalue weighted by Gasteiger charge is 2.20. The number of rotatable bonds is 6. The van der Waals surface area contributed by atoms with Gasteiger partial charge >= 0.3 is 0 Å². The fraction of sp³-hybridized carbons (Fsp3) is 0.333. The van der Waals surface area contributed by atoms with Crippen molar-refractivity contribution < 1.29 is 4.42 Å². The molecule has 2 aromatic carbocycles. The van der Waals surface area contributed by atoms with Crippen LogP contribution in [0.15, 0.2) is 76.3 Å². The Kier molecular flexibility index (Phi) is 8.90. The number of nitrogens with one attached hydrogen (secondary N) is 2. The number of piperidine rings is 1. The van der Waals surface area contributed by atoms with E-state index in [1.165, 1.54) is 12.0 Å². The third kappa shape index (κ3) is 6.80. The van der Waals surface area contributed by atoms with Gasteiger partial charge in [0.05, 0.1) is 12.2 Å². The highest BCUT2D eigenvalue weighted by atomic mass is 127. The average Bonchev–Trinajstić information content (AvgIpc) is 3.27. The number of aliphatic imine (C=N–C) groups is 1. The normalized spacial score (nSPS) is 17.1. The quantitative estimate of drug-likeness (QED) is 0.282. The van der Waals surface area contributed by atoms with Gasteiger partial charge in [-0.1, -0.05) is 48.5 Å². The Morgan fingerprint density at radius 3 is 2.61 bits per heavy atom. The van der Waals surface area contributed by atoms with Gasteiger partial charge in [-0.05, 0) is 37.1 Å². The first-order chi connectivity index (χ1) is 14.8. The molecule has 31 heavy (non-hydrogen) atoms. The van der Waals surface area contributed by atoms with E-state index in [9.17, 15) is 0 Å². The molecule has 2 N–H and O–H groups in total. The number of nitrogens with zero attached hydrogens (tertiary/aromatic N) is 3. The van der Waals surface area contributed by atoms with Crippen molar-refractivity contribution in [2.24, 2.45) is 4.99 Å². The Labute approximate surface area is 201 Å². The maximum atomic E-state index is 5.62. The number of hydrogen-bond donors (Lipinski definition) is 2. The van der Waals surface area contributed by atoms with Crippen molar-refractivity contribution in [3.05, 3.63) is 78.2 Å². The van der Waals surface area contributed by atoms with E-state index in [4.69, 9.17) is 4.42 Å². The van der Waals surface area contributed by atoms with Gasteiger partial charge in [0.2, 0.25) is 5.89 Å². The summed E-state index contributed by atoms with van der Waals surface area (Å²) in [4.78, 5) is 11.5. The van der Waals surface area contributed by atoms with E-state index < -0.39 is 0 Å². The second-order valence-electron chi connectivity index (χ2n) is 7.64. The van der Waals surface area contributed by atoms with Crippen LogP contribution < -0.4 is 10.6 Å². The molecule has 0 bridgehead atoms. The Hall–Kier alpha value is -2.39. The third-order valence-electron chi connectivity index (χ3n) is 5.33. The first-order valence-electron chi connectivity index (χ1n) is 10.5. The van der Waals surface area contributed by atoms with Gasteiger partial charge in [-0.2, -0.15) is 0 Å². The number of guanidine groups is 1. The molecule has 1 atom stereocenters. The molecule has 0 spiro atoms. The Bertz CT molecular complexity index is 945. The molecule has 1 unspecified atom stereocenters. The number of likely N-dealkylation sites (tertiary alicyclic amines) is 1. The number of aromatic nitrogens is 1. The van der Waals surface area contributed by atoms with Crippen LogP contribution in [0.25, 0.3) is 11.5 Å². The van der Waals surface area contributed by atoms with Gasteiger partial charge in [0.1, 0.15) is 6.26 Å². The predicted molar refractivity (Wildman–Crippen MR) is 135 cm³/mol. The number of halogens is 1. The molecular weight excluding hydrogens is 501 g/mol. The summed E-state index contributed by atoms with van der Waals surface area (Å²) in [6.07, 6.45) is 4.03. The molecule has 6 nitrogen and oxygen atoms in total. The van der Waals surface area contributed by atoms with Crippen molar-refractivity contribution in [3.63, 3.8) is 0 Å². The second kappa shape index (κ2) is 11.9. The van der Waals surface area contributed by atoms with E-state index in [2.05, 4.69) is 55.8 Å². The molecule has 1 aromatic heterocycles. The molecule has 164 valence electrons. The molecule has 1 fully saturated rings. The molecule has 7 heteroatoms. The fourth-order valence-corrected chi connectivity index (χ4v) is 3.82. The van der Waals surface area contributed by atoms with Crippen LogP contribution in [0.5, 0.6) is 0 Å². The Morgan fingerprint density at radius 2 is 1.87 bits per heavy atom. The average molecular weight is 531 g/mol. The molecular formula is C24H30IN5O. The van der Waals surface area contributed by atoms with Crippen molar-refractivity contribution in [1.82, 2.24) is 20.5 Å². The second-order valence-corrected chi connectivity index (χ2v) is 7.64. The first-order valence-corrected chi connectivity index (χ1v) is 10.5. The molecule has 0 radical (unpaired) electrons. The largest absolute Gasteiger partial charge is 0.444 e. The Morgan fingerprint density at radius 1 is 1.13 bits per heavy atom. The van der Waals surface area contributed by atoms with Crippen LogP contribution in [0.4, 0.5) is 0 Å². The zero-order valence-electron chi connectivity index (χ0n) is 17.8. The highest BCUT2D eigenvalue weighted by Crippen LogP contribution is 2.18. The highest BCUT2D eigenvalue weighted by molar-refractivity contribution is 14.0. The van der Waals surface area contributed by atoms with Crippen molar-refractivity contribution >= 4 is 29.9 Å². The van der Waals surface area contributed by atoms with Crippen molar-refractivity contribution in [1.29, 1.82) is 0 Å². The minimum atomic E-state index is 0. The SMILES string of the molecule is CN=C(NCc1coc(-c2ccccc2)n1)NC1CCCN(Cc2ccccc2)C1.I. The molecule has 3 aromatic rings. The molecule has 0 aliphatic carbocycles. The van der Waals surface area contributed by atoms with Gasteiger partial charge in [-0.25, -0.2) is 4.98 Å². The summed E-state index contributed by atoms with van der Waals surface area (Å²) in [5, 5.41) is 6.93. The summed E-state index contributed by atoms with van der Waals surface area (Å²) in [6.45, 7) is 3.71. The summed E-state index contributed by atoms with van der Waals surface area (Å²) in [6, 6.07) is 21.0. The van der Waals surface area contributed by atoms with E-state index in [1.54, 1.807) is 13.3 Å². The van der Waals surface area contributed by atoms with Gasteiger partial charge in [0, 0.05) is 31.7 Å². The van der Waals surface area contributed by atoms with Gasteiger partial charge in [0.15, 0.2) is 5.96 Å². The lowest BCUT2D eigenvalue weighted by molar-refractivity contribution is 0.192. The number of benzene rings is 2. The maximum Gasteiger partial charge on any atom is 0.226 e. The van der Waals surface area contributed by atoms with Crippen molar-refractivity contribution in [2.75, 3.05) is 20.1 Å². The molecule has 1 aliphatic rings. The van der Waals surface area contributed by atoms with Crippen LogP contribution in [0.2, 0.25) is 0 Å². The summed E-state index contributed by atoms with van der Waals surface area (Å²) in [5.41, 5.74) is 3.19. The molecule has 0 saturated carbocycles. The molecule has 2 heterocycles. The number of hydrogen-bond acceptors (Lipinski definition) is 4. The van der Waals surface area contributed by atoms with E-state index in [0.717, 1.165) is 43.3 Å². The van der Waals surface area contributed by atoms with Crippen LogP contribution in [0.1, 0.15) is 24.1 Å². The van der Waals surface area contributed by atoms with Gasteiger partial charge < -0.3 is 15.1 Å². The van der Waals surface area contributed by atoms with Gasteiger partial charge in [-0.3, -0.25) is 9.89 Å². The van der Waals surface area contributed by atoms with Gasteiger partial charge in [-0.15, -0.1) is 24.0 Å². The lowest BCUT2D eigenvalue weighted by Gasteiger charge is -2.33. The van der Waals surface area contributed by atoms with E-state index in [0.29, 0.717) is 18.5 Å².